The molecule has 2 heterocycles. The number of pyridine rings is 2. The number of aromatic nitrogens is 2. The number of aliphatic carboxylic acids is 1. The van der Waals surface area contributed by atoms with Gasteiger partial charge in [-0.15, -0.1) is 0 Å². The topological polar surface area (TPSA) is 152 Å². The zero-order chi connectivity index (χ0) is 45.6. The predicted octanol–water partition coefficient (Wildman–Crippen LogP) is 9.75. The Morgan fingerprint density at radius 3 is 2.57 bits per heavy atom. The second-order valence-corrected chi connectivity index (χ2v) is 18.9. The van der Waals surface area contributed by atoms with E-state index in [9.17, 15) is 19.5 Å². The van der Waals surface area contributed by atoms with Crippen LogP contribution in [0.5, 0.6) is 11.5 Å². The van der Waals surface area contributed by atoms with Gasteiger partial charge >= 0.3 is 5.97 Å². The van der Waals surface area contributed by atoms with Crippen LogP contribution in [0.3, 0.4) is 0 Å². The van der Waals surface area contributed by atoms with Crippen molar-refractivity contribution in [2.45, 2.75) is 101 Å². The third-order valence-corrected chi connectivity index (χ3v) is 14.2. The summed E-state index contributed by atoms with van der Waals surface area (Å²) in [6.45, 7) is 6.04. The third-order valence-electron chi connectivity index (χ3n) is 14.0. The molecule has 3 atom stereocenters. The van der Waals surface area contributed by atoms with Crippen LogP contribution in [0.2, 0.25) is 5.02 Å². The minimum absolute atomic E-state index is 0.0892. The van der Waals surface area contributed by atoms with E-state index in [-0.39, 0.29) is 29.6 Å². The highest BCUT2D eigenvalue weighted by molar-refractivity contribution is 6.30. The summed E-state index contributed by atoms with van der Waals surface area (Å²) >= 11 is 6.32. The Morgan fingerprint density at radius 1 is 0.954 bits per heavy atom. The molecule has 340 valence electrons. The number of hydrogen-bond donors (Lipinski definition) is 4. The first-order chi connectivity index (χ1) is 31.4. The third kappa shape index (κ3) is 10.3. The van der Waals surface area contributed by atoms with Gasteiger partial charge in [0.25, 0.3) is 5.91 Å². The van der Waals surface area contributed by atoms with Gasteiger partial charge in [-0.3, -0.25) is 14.6 Å². The maximum Gasteiger partial charge on any atom is 0.329 e. The molecule has 65 heavy (non-hydrogen) atoms. The number of carbonyl (C=O) groups is 3. The maximum absolute atomic E-state index is 13.1. The number of nitrogens with one attached hydrogen (secondary N) is 3. The standard InChI is InChI=1S/C53H60ClN5O6/c1-34(33-65-47-19-25-56-45-15-4-9-35(2)49(45)47)27-39-30-37-17-18-42(32-43(37)52(39)20-22-53(23-21-52,51(62)63)59-41-13-6-12-40(54)31-41)64-26-8-24-57-48(60)29-36-10-5-11-38(28-36)44-14-7-16-46(58-44)50(61)55-3/h5-7,10-14,16-19,25,28,31-32,34-35,39,59H,4,8-9,15,20-24,26-27,29-30,33H2,1-3H3,(H,55,61)(H,57,60)(H,62,63)/t34-,35-,39?,52?,53?/m1/s1. The fourth-order valence-corrected chi connectivity index (χ4v) is 10.8. The van der Waals surface area contributed by atoms with Gasteiger partial charge in [-0.2, -0.15) is 0 Å². The normalized spacial score (nSPS) is 21.4. The van der Waals surface area contributed by atoms with Crippen molar-refractivity contribution in [1.82, 2.24) is 20.6 Å². The summed E-state index contributed by atoms with van der Waals surface area (Å²) < 4.78 is 13.0. The molecule has 2 amide bonds. The first-order valence-corrected chi connectivity index (χ1v) is 23.5. The monoisotopic (exact) mass is 897 g/mol. The fraction of sp³-hybridized carbons (Fsp3) is 0.415. The molecule has 3 aliphatic carbocycles. The van der Waals surface area contributed by atoms with Crippen LogP contribution in [0.15, 0.2) is 97.2 Å². The van der Waals surface area contributed by atoms with Gasteiger partial charge in [-0.05, 0) is 159 Å². The van der Waals surface area contributed by atoms with Crippen molar-refractivity contribution in [3.63, 3.8) is 0 Å². The van der Waals surface area contributed by atoms with Gasteiger partial charge in [0.05, 0.1) is 25.3 Å². The molecule has 0 radical (unpaired) electrons. The number of carboxylic acid groups (broad SMARTS) is 1. The van der Waals surface area contributed by atoms with E-state index in [1.54, 1.807) is 31.3 Å². The molecule has 1 saturated carbocycles. The summed E-state index contributed by atoms with van der Waals surface area (Å²) in [7, 11) is 1.57. The van der Waals surface area contributed by atoms with E-state index >= 15 is 0 Å². The number of amides is 2. The van der Waals surface area contributed by atoms with Gasteiger partial charge in [-0.1, -0.05) is 61.8 Å². The van der Waals surface area contributed by atoms with E-state index in [2.05, 4.69) is 51.9 Å². The number of rotatable bonds is 17. The van der Waals surface area contributed by atoms with Crippen LogP contribution in [0, 0.1) is 11.8 Å². The lowest BCUT2D eigenvalue weighted by atomic mass is 9.59. The van der Waals surface area contributed by atoms with Crippen LogP contribution in [-0.4, -0.2) is 65.2 Å². The quantitative estimate of drug-likeness (QED) is 0.0669. The molecule has 0 aliphatic heterocycles. The van der Waals surface area contributed by atoms with E-state index < -0.39 is 11.5 Å². The predicted molar refractivity (Wildman–Crippen MR) is 254 cm³/mol. The van der Waals surface area contributed by atoms with Crippen LogP contribution in [0.1, 0.15) is 110 Å². The molecule has 3 aliphatic rings. The van der Waals surface area contributed by atoms with Gasteiger partial charge in [0.1, 0.15) is 22.7 Å². The minimum Gasteiger partial charge on any atom is -0.494 e. The Kier molecular flexibility index (Phi) is 14.1. The molecule has 11 nitrogen and oxygen atoms in total. The van der Waals surface area contributed by atoms with E-state index in [4.69, 9.17) is 21.1 Å². The number of anilines is 1. The Labute approximate surface area is 387 Å². The molecule has 0 bridgehead atoms. The van der Waals surface area contributed by atoms with Crippen molar-refractivity contribution in [1.29, 1.82) is 0 Å². The summed E-state index contributed by atoms with van der Waals surface area (Å²) in [6.07, 6.45) is 10.2. The smallest absolute Gasteiger partial charge is 0.329 e. The average molecular weight is 899 g/mol. The average Bonchev–Trinajstić information content (AvgIpc) is 3.59. The first-order valence-electron chi connectivity index (χ1n) is 23.1. The molecule has 12 heteroatoms. The molecule has 1 unspecified atom stereocenters. The number of hydrogen-bond acceptors (Lipinski definition) is 8. The summed E-state index contributed by atoms with van der Waals surface area (Å²) in [5.41, 5.74) is 7.02. The number of nitrogens with zero attached hydrogens (tertiary/aromatic N) is 2. The van der Waals surface area contributed by atoms with Crippen molar-refractivity contribution in [2.75, 3.05) is 32.1 Å². The lowest BCUT2D eigenvalue weighted by Crippen LogP contribution is -2.53. The van der Waals surface area contributed by atoms with E-state index in [1.807, 2.05) is 60.8 Å². The number of aryl methyl sites for hydroxylation is 1. The van der Waals surface area contributed by atoms with Crippen LogP contribution >= 0.6 is 11.6 Å². The van der Waals surface area contributed by atoms with Crippen LogP contribution in [0.4, 0.5) is 5.69 Å². The zero-order valence-corrected chi connectivity index (χ0v) is 38.4. The molecule has 1 fully saturated rings. The molecule has 0 saturated heterocycles. The van der Waals surface area contributed by atoms with Crippen LogP contribution in [0.25, 0.3) is 11.3 Å². The number of ether oxygens (including phenoxy) is 2. The maximum atomic E-state index is 13.1. The molecule has 4 N–H and O–H groups in total. The molecule has 8 rings (SSSR count). The summed E-state index contributed by atoms with van der Waals surface area (Å²) in [6, 6.07) is 28.7. The largest absolute Gasteiger partial charge is 0.494 e. The lowest BCUT2D eigenvalue weighted by molar-refractivity contribution is -0.144. The zero-order valence-electron chi connectivity index (χ0n) is 37.6. The van der Waals surface area contributed by atoms with Gasteiger partial charge in [-0.25, -0.2) is 9.78 Å². The molecular formula is C53H60ClN5O6. The Hall–Kier alpha value is -5.94. The van der Waals surface area contributed by atoms with Gasteiger partial charge in [0.15, 0.2) is 0 Å². The van der Waals surface area contributed by atoms with Gasteiger partial charge < -0.3 is 30.5 Å². The van der Waals surface area contributed by atoms with Crippen molar-refractivity contribution >= 4 is 35.1 Å². The second kappa shape index (κ2) is 20.1. The summed E-state index contributed by atoms with van der Waals surface area (Å²) in [4.78, 5) is 47.4. The van der Waals surface area contributed by atoms with E-state index in [0.717, 1.165) is 60.4 Å². The number of halogens is 1. The second-order valence-electron chi connectivity index (χ2n) is 18.4. The lowest BCUT2D eigenvalue weighted by Gasteiger charge is -2.47. The molecule has 5 aromatic rings. The van der Waals surface area contributed by atoms with Gasteiger partial charge in [0.2, 0.25) is 5.91 Å². The minimum atomic E-state index is -1.12. The molecule has 1 spiro atoms. The Morgan fingerprint density at radius 2 is 1.77 bits per heavy atom. The number of benzene rings is 3. The fourth-order valence-electron chi connectivity index (χ4n) is 10.6. The van der Waals surface area contributed by atoms with E-state index in [0.29, 0.717) is 85.8 Å². The van der Waals surface area contributed by atoms with Crippen molar-refractivity contribution in [2.24, 2.45) is 11.8 Å². The molecule has 3 aromatic carbocycles. The van der Waals surface area contributed by atoms with Crippen LogP contribution in [-0.2, 0) is 34.3 Å². The van der Waals surface area contributed by atoms with Crippen molar-refractivity contribution in [3.8, 4) is 22.8 Å². The highest BCUT2D eigenvalue weighted by atomic mass is 35.5. The Balaban J connectivity index is 0.915. The Bertz CT molecular complexity index is 2520. The highest BCUT2D eigenvalue weighted by Crippen LogP contribution is 2.57. The van der Waals surface area contributed by atoms with Crippen molar-refractivity contribution in [3.05, 3.63) is 136 Å². The summed E-state index contributed by atoms with van der Waals surface area (Å²) in [5, 5.41) is 20.3. The molecule has 2 aromatic heterocycles. The number of fused-ring (bicyclic) bond motifs is 3. The number of carboxylic acids is 1. The molecular weight excluding hydrogens is 838 g/mol. The van der Waals surface area contributed by atoms with E-state index in [1.165, 1.54) is 16.7 Å². The summed E-state index contributed by atoms with van der Waals surface area (Å²) in [5.74, 6) is 1.54. The van der Waals surface area contributed by atoms with Crippen LogP contribution < -0.4 is 25.4 Å². The SMILES string of the molecule is CNC(=O)c1cccc(-c2cccc(CC(=O)NCCCOc3ccc4c(c3)C3(CCC(Nc5cccc(Cl)c5)(C(=O)O)CC3)C(C[C@@H](C)COc3ccnc5c3[C@H](C)CCC5)C4)c2)n1. The highest BCUT2D eigenvalue weighted by Gasteiger charge is 2.54. The number of carbonyl (C=O) groups excluding carboxylic acids is 2. The first kappa shape index (κ1) is 45.6. The van der Waals surface area contributed by atoms with Crippen molar-refractivity contribution < 1.29 is 29.0 Å². The van der Waals surface area contributed by atoms with Gasteiger partial charge in [0, 0.05) is 47.3 Å².